The smallest absolute Gasteiger partial charge is 0.243 e. The van der Waals surface area contributed by atoms with Crippen LogP contribution in [-0.2, 0) is 11.2 Å². The van der Waals surface area contributed by atoms with Crippen LogP contribution in [0.2, 0.25) is 0 Å². The first kappa shape index (κ1) is 19.1. The number of carbonyl (C=O) groups excluding carboxylic acids is 1. The summed E-state index contributed by atoms with van der Waals surface area (Å²) in [5.41, 5.74) is 2.05. The highest BCUT2D eigenvalue weighted by Gasteiger charge is 2.38. The van der Waals surface area contributed by atoms with Gasteiger partial charge < -0.3 is 4.74 Å². The lowest BCUT2D eigenvalue weighted by molar-refractivity contribution is -0.135. The highest BCUT2D eigenvalue weighted by atomic mass is 19.1. The molecular weight excluding hydrogens is 343 g/mol. The van der Waals surface area contributed by atoms with Gasteiger partial charge in [-0.2, -0.15) is 5.10 Å². The summed E-state index contributed by atoms with van der Waals surface area (Å²) in [5, 5.41) is 6.09. The molecule has 0 saturated heterocycles. The number of rotatable bonds is 6. The summed E-state index contributed by atoms with van der Waals surface area (Å²) >= 11 is 0. The van der Waals surface area contributed by atoms with Crippen LogP contribution in [0.4, 0.5) is 4.39 Å². The van der Waals surface area contributed by atoms with E-state index < -0.39 is 5.54 Å². The molecule has 142 valence electrons. The molecule has 1 amide bonds. The van der Waals surface area contributed by atoms with Crippen molar-refractivity contribution in [3.8, 4) is 5.75 Å². The van der Waals surface area contributed by atoms with E-state index in [0.717, 1.165) is 12.8 Å². The molecule has 0 atom stereocenters. The van der Waals surface area contributed by atoms with E-state index in [9.17, 15) is 9.18 Å². The van der Waals surface area contributed by atoms with Gasteiger partial charge in [0.05, 0.1) is 18.4 Å². The molecule has 4 nitrogen and oxygen atoms in total. The molecule has 3 rings (SSSR count). The van der Waals surface area contributed by atoms with Crippen molar-refractivity contribution < 1.29 is 13.9 Å². The van der Waals surface area contributed by atoms with Crippen LogP contribution >= 0.6 is 0 Å². The number of hydrazone groups is 1. The Balaban J connectivity index is 1.72. The first-order valence-electron chi connectivity index (χ1n) is 9.19. The molecule has 0 spiro atoms. The van der Waals surface area contributed by atoms with Crippen molar-refractivity contribution in [3.05, 3.63) is 65.5 Å². The first-order chi connectivity index (χ1) is 12.9. The predicted molar refractivity (Wildman–Crippen MR) is 104 cm³/mol. The Bertz CT molecular complexity index is 847. The molecule has 5 heteroatoms. The second-order valence-corrected chi connectivity index (χ2v) is 7.43. The second kappa shape index (κ2) is 7.91. The number of methoxy groups -OCH3 is 1. The lowest BCUT2D eigenvalue weighted by Crippen LogP contribution is -2.40. The van der Waals surface area contributed by atoms with Crippen LogP contribution in [0.25, 0.3) is 0 Å². The Morgan fingerprint density at radius 1 is 1.22 bits per heavy atom. The lowest BCUT2D eigenvalue weighted by atomic mass is 9.94. The fraction of sp³-hybridized carbons (Fsp3) is 0.364. The summed E-state index contributed by atoms with van der Waals surface area (Å²) in [5.74, 6) is 0.199. The van der Waals surface area contributed by atoms with Gasteiger partial charge in [0, 0.05) is 18.4 Å². The van der Waals surface area contributed by atoms with Crippen LogP contribution in [0.5, 0.6) is 5.75 Å². The zero-order valence-corrected chi connectivity index (χ0v) is 16.0. The molecule has 0 unspecified atom stereocenters. The fourth-order valence-corrected chi connectivity index (χ4v) is 3.42. The van der Waals surface area contributed by atoms with E-state index in [1.54, 1.807) is 18.2 Å². The number of hydrogen-bond donors (Lipinski definition) is 0. The van der Waals surface area contributed by atoms with Crippen LogP contribution in [0, 0.1) is 5.82 Å². The van der Waals surface area contributed by atoms with Crippen molar-refractivity contribution in [2.24, 2.45) is 5.10 Å². The Morgan fingerprint density at radius 3 is 2.67 bits per heavy atom. The first-order valence-corrected chi connectivity index (χ1v) is 9.19. The van der Waals surface area contributed by atoms with Gasteiger partial charge in [0.2, 0.25) is 5.91 Å². The van der Waals surface area contributed by atoms with Crippen molar-refractivity contribution in [1.82, 2.24) is 5.01 Å². The predicted octanol–water partition coefficient (Wildman–Crippen LogP) is 4.57. The SMILES string of the molecule is COc1ccc(F)cc1C1=NN(C(=O)CCCc2ccccc2)C(C)(C)C1. The maximum Gasteiger partial charge on any atom is 0.243 e. The summed E-state index contributed by atoms with van der Waals surface area (Å²) < 4.78 is 19.1. The van der Waals surface area contributed by atoms with Crippen LogP contribution in [0.1, 0.15) is 44.2 Å². The van der Waals surface area contributed by atoms with Crippen LogP contribution in [0.15, 0.2) is 53.6 Å². The zero-order valence-electron chi connectivity index (χ0n) is 16.0. The molecule has 1 aliphatic rings. The standard InChI is InChI=1S/C22H25FN2O2/c1-22(2)15-19(18-14-17(23)12-13-20(18)27-3)24-25(22)21(26)11-7-10-16-8-5-4-6-9-16/h4-6,8-9,12-14H,7,10-11,15H2,1-3H3. The molecule has 0 saturated carbocycles. The third-order valence-electron chi connectivity index (χ3n) is 4.80. The Morgan fingerprint density at radius 2 is 1.96 bits per heavy atom. The van der Waals surface area contributed by atoms with E-state index in [1.807, 2.05) is 32.0 Å². The van der Waals surface area contributed by atoms with Crippen molar-refractivity contribution in [2.45, 2.75) is 45.1 Å². The molecule has 0 aliphatic carbocycles. The van der Waals surface area contributed by atoms with Gasteiger partial charge in [-0.1, -0.05) is 30.3 Å². The molecule has 0 aromatic heterocycles. The monoisotopic (exact) mass is 368 g/mol. The van der Waals surface area contributed by atoms with E-state index in [1.165, 1.54) is 17.7 Å². The van der Waals surface area contributed by atoms with E-state index in [2.05, 4.69) is 17.2 Å². The summed E-state index contributed by atoms with van der Waals surface area (Å²) in [6.07, 6.45) is 2.60. The number of carbonyl (C=O) groups is 1. The van der Waals surface area contributed by atoms with Crippen LogP contribution in [0.3, 0.4) is 0 Å². The van der Waals surface area contributed by atoms with Crippen LogP contribution < -0.4 is 4.74 Å². The quantitative estimate of drug-likeness (QED) is 0.749. The van der Waals surface area contributed by atoms with Gasteiger partial charge in [-0.15, -0.1) is 0 Å². The number of benzene rings is 2. The average Bonchev–Trinajstić information content (AvgIpc) is 2.98. The molecule has 1 aliphatic heterocycles. The summed E-state index contributed by atoms with van der Waals surface area (Å²) in [7, 11) is 1.55. The van der Waals surface area contributed by atoms with Crippen molar-refractivity contribution in [3.63, 3.8) is 0 Å². The lowest BCUT2D eigenvalue weighted by Gasteiger charge is -2.28. The van der Waals surface area contributed by atoms with Gasteiger partial charge in [-0.3, -0.25) is 4.79 Å². The normalized spacial score (nSPS) is 15.6. The van der Waals surface area contributed by atoms with Crippen molar-refractivity contribution in [2.75, 3.05) is 7.11 Å². The zero-order chi connectivity index (χ0) is 19.4. The minimum Gasteiger partial charge on any atom is -0.496 e. The summed E-state index contributed by atoms with van der Waals surface area (Å²) in [6.45, 7) is 3.95. The molecule has 2 aromatic rings. The van der Waals surface area contributed by atoms with Crippen LogP contribution in [-0.4, -0.2) is 29.3 Å². The highest BCUT2D eigenvalue weighted by molar-refractivity contribution is 6.05. The van der Waals surface area contributed by atoms with Gasteiger partial charge in [0.25, 0.3) is 0 Å². The number of amides is 1. The van der Waals surface area contributed by atoms with Gasteiger partial charge in [0.15, 0.2) is 0 Å². The molecule has 2 aromatic carbocycles. The Hall–Kier alpha value is -2.69. The second-order valence-electron chi connectivity index (χ2n) is 7.43. The van der Waals surface area contributed by atoms with E-state index >= 15 is 0 Å². The maximum absolute atomic E-state index is 13.7. The van der Waals surface area contributed by atoms with Gasteiger partial charge >= 0.3 is 0 Å². The molecule has 0 fully saturated rings. The molecule has 0 radical (unpaired) electrons. The molecule has 0 bridgehead atoms. The largest absolute Gasteiger partial charge is 0.496 e. The Kier molecular flexibility index (Phi) is 5.59. The number of hydrogen-bond acceptors (Lipinski definition) is 3. The van der Waals surface area contributed by atoms with E-state index in [4.69, 9.17) is 4.74 Å². The maximum atomic E-state index is 13.7. The fourth-order valence-electron chi connectivity index (χ4n) is 3.42. The van der Waals surface area contributed by atoms with E-state index in [0.29, 0.717) is 29.9 Å². The third kappa shape index (κ3) is 4.35. The van der Waals surface area contributed by atoms with E-state index in [-0.39, 0.29) is 11.7 Å². The summed E-state index contributed by atoms with van der Waals surface area (Å²) in [6, 6.07) is 14.5. The average molecular weight is 368 g/mol. The van der Waals surface area contributed by atoms with Gasteiger partial charge in [-0.25, -0.2) is 9.40 Å². The number of aryl methyl sites for hydroxylation is 1. The molecule has 1 heterocycles. The topological polar surface area (TPSA) is 41.9 Å². The van der Waals surface area contributed by atoms with Gasteiger partial charge in [-0.05, 0) is 50.5 Å². The third-order valence-corrected chi connectivity index (χ3v) is 4.80. The number of ether oxygens (including phenoxy) is 1. The molecule has 27 heavy (non-hydrogen) atoms. The Labute approximate surface area is 159 Å². The minimum absolute atomic E-state index is 0.0127. The summed E-state index contributed by atoms with van der Waals surface area (Å²) in [4.78, 5) is 12.8. The molecule has 0 N–H and O–H groups in total. The minimum atomic E-state index is -0.448. The molecular formula is C22H25FN2O2. The van der Waals surface area contributed by atoms with Crippen molar-refractivity contribution >= 4 is 11.6 Å². The highest BCUT2D eigenvalue weighted by Crippen LogP contribution is 2.33. The number of nitrogens with zero attached hydrogens (tertiary/aromatic N) is 2. The van der Waals surface area contributed by atoms with Crippen molar-refractivity contribution in [1.29, 1.82) is 0 Å². The number of halogens is 1. The van der Waals surface area contributed by atoms with Gasteiger partial charge in [0.1, 0.15) is 11.6 Å².